The zero-order chi connectivity index (χ0) is 19.8. The number of benzene rings is 1. The Bertz CT molecular complexity index is 994. The molecule has 0 spiro atoms. The van der Waals surface area contributed by atoms with Crippen LogP contribution >= 0.6 is 0 Å². The van der Waals surface area contributed by atoms with Crippen molar-refractivity contribution in [2.24, 2.45) is 0 Å². The van der Waals surface area contributed by atoms with E-state index in [1.165, 1.54) is 25.2 Å². The molecule has 5 rings (SSSR count). The number of fused-ring (bicyclic) bond motifs is 2. The molecule has 3 aromatic rings. The van der Waals surface area contributed by atoms with Crippen LogP contribution in [0.5, 0.6) is 5.88 Å². The van der Waals surface area contributed by atoms with Crippen LogP contribution in [0.15, 0.2) is 43.0 Å². The standard InChI is InChI=1S/C22H24FN5O/c1-14-21(9-15-3-6-18(12-20(15)23)28-8-2-7-26-28)24-13-25-22(14)29-19-10-16-4-5-17(11-19)27-16/h2-3,6-8,12-13,16-17,19,27H,4-5,9-11H2,1H3. The lowest BCUT2D eigenvalue weighted by atomic mass is 10.0. The third kappa shape index (κ3) is 3.74. The molecule has 0 aliphatic carbocycles. The molecule has 2 unspecified atom stereocenters. The van der Waals surface area contributed by atoms with Crippen molar-refractivity contribution >= 4 is 0 Å². The SMILES string of the molecule is Cc1c(Cc2ccc(-n3cccn3)cc2F)ncnc1OC1CC2CCC(C1)N2. The Balaban J connectivity index is 1.33. The molecule has 0 amide bonds. The van der Waals surface area contributed by atoms with E-state index in [2.05, 4.69) is 20.4 Å². The fraction of sp³-hybridized carbons (Fsp3) is 0.409. The van der Waals surface area contributed by atoms with E-state index in [-0.39, 0.29) is 11.9 Å². The first-order valence-corrected chi connectivity index (χ1v) is 10.2. The van der Waals surface area contributed by atoms with Crippen LogP contribution in [0.25, 0.3) is 5.69 Å². The number of hydrogen-bond donors (Lipinski definition) is 1. The van der Waals surface area contributed by atoms with Crippen molar-refractivity contribution < 1.29 is 9.13 Å². The molecule has 2 fully saturated rings. The molecule has 2 aliphatic heterocycles. The molecule has 2 atom stereocenters. The maximum atomic E-state index is 14.7. The number of ether oxygens (including phenoxy) is 1. The van der Waals surface area contributed by atoms with Gasteiger partial charge in [0.05, 0.1) is 11.4 Å². The van der Waals surface area contributed by atoms with Crippen LogP contribution in [0.1, 0.15) is 42.5 Å². The molecule has 6 nitrogen and oxygen atoms in total. The molecule has 29 heavy (non-hydrogen) atoms. The summed E-state index contributed by atoms with van der Waals surface area (Å²) in [4.78, 5) is 8.75. The highest BCUT2D eigenvalue weighted by molar-refractivity contribution is 5.38. The van der Waals surface area contributed by atoms with Crippen molar-refractivity contribution in [3.05, 3.63) is 65.6 Å². The summed E-state index contributed by atoms with van der Waals surface area (Å²) >= 11 is 0. The smallest absolute Gasteiger partial charge is 0.219 e. The zero-order valence-corrected chi connectivity index (χ0v) is 16.4. The summed E-state index contributed by atoms with van der Waals surface area (Å²) in [5.41, 5.74) is 2.96. The van der Waals surface area contributed by atoms with Gasteiger partial charge in [-0.25, -0.2) is 19.0 Å². The third-order valence-electron chi connectivity index (χ3n) is 6.01. The second-order valence-corrected chi connectivity index (χ2v) is 8.00. The average Bonchev–Trinajstić information content (AvgIpc) is 3.36. The second-order valence-electron chi connectivity index (χ2n) is 8.00. The maximum absolute atomic E-state index is 14.7. The van der Waals surface area contributed by atoms with Crippen molar-refractivity contribution in [2.75, 3.05) is 0 Å². The lowest BCUT2D eigenvalue weighted by Crippen LogP contribution is -2.42. The van der Waals surface area contributed by atoms with Crippen LogP contribution in [-0.2, 0) is 6.42 Å². The predicted octanol–water partition coefficient (Wildman–Crippen LogP) is 3.36. The lowest BCUT2D eigenvalue weighted by Gasteiger charge is -2.29. The third-order valence-corrected chi connectivity index (χ3v) is 6.01. The minimum atomic E-state index is -0.270. The van der Waals surface area contributed by atoms with Crippen molar-refractivity contribution in [2.45, 2.75) is 57.2 Å². The number of hydrogen-bond acceptors (Lipinski definition) is 5. The monoisotopic (exact) mass is 393 g/mol. The first kappa shape index (κ1) is 18.2. The normalized spacial score (nSPS) is 23.3. The van der Waals surface area contributed by atoms with Crippen LogP contribution in [-0.4, -0.2) is 37.9 Å². The van der Waals surface area contributed by atoms with E-state index < -0.39 is 0 Å². The Morgan fingerprint density at radius 3 is 2.76 bits per heavy atom. The van der Waals surface area contributed by atoms with Gasteiger partial charge >= 0.3 is 0 Å². The first-order valence-electron chi connectivity index (χ1n) is 10.2. The van der Waals surface area contributed by atoms with E-state index in [0.29, 0.717) is 35.6 Å². The molecular formula is C22H24FN5O. The van der Waals surface area contributed by atoms with E-state index >= 15 is 0 Å². The van der Waals surface area contributed by atoms with E-state index in [1.54, 1.807) is 23.1 Å². The van der Waals surface area contributed by atoms with Gasteiger partial charge in [-0.1, -0.05) is 6.07 Å². The van der Waals surface area contributed by atoms with Gasteiger partial charge in [-0.15, -0.1) is 0 Å². The number of rotatable bonds is 5. The Kier molecular flexibility index (Phi) is 4.75. The summed E-state index contributed by atoms with van der Waals surface area (Å²) in [6.45, 7) is 1.95. The summed E-state index contributed by atoms with van der Waals surface area (Å²) in [7, 11) is 0. The molecular weight excluding hydrogens is 369 g/mol. The van der Waals surface area contributed by atoms with Gasteiger partial charge in [0.15, 0.2) is 0 Å². The molecule has 2 bridgehead atoms. The minimum Gasteiger partial charge on any atom is -0.474 e. The van der Waals surface area contributed by atoms with Gasteiger partial charge in [0.25, 0.3) is 0 Å². The number of halogens is 1. The highest BCUT2D eigenvalue weighted by atomic mass is 19.1. The molecule has 2 aliphatic rings. The van der Waals surface area contributed by atoms with Gasteiger partial charge in [0, 0.05) is 36.5 Å². The van der Waals surface area contributed by atoms with Crippen LogP contribution in [0.3, 0.4) is 0 Å². The molecule has 1 aromatic carbocycles. The van der Waals surface area contributed by atoms with Gasteiger partial charge in [0.2, 0.25) is 5.88 Å². The molecule has 7 heteroatoms. The van der Waals surface area contributed by atoms with Gasteiger partial charge in [-0.3, -0.25) is 0 Å². The summed E-state index contributed by atoms with van der Waals surface area (Å²) in [6, 6.07) is 8.08. The molecule has 0 saturated carbocycles. The molecule has 150 valence electrons. The highest BCUT2D eigenvalue weighted by Crippen LogP contribution is 2.30. The summed E-state index contributed by atoms with van der Waals surface area (Å²) in [6.07, 6.45) is 10.0. The van der Waals surface area contributed by atoms with Gasteiger partial charge in [-0.2, -0.15) is 5.10 Å². The van der Waals surface area contributed by atoms with E-state index in [1.807, 2.05) is 19.1 Å². The molecule has 2 saturated heterocycles. The summed E-state index contributed by atoms with van der Waals surface area (Å²) in [5.74, 6) is 0.350. The molecule has 0 radical (unpaired) electrons. The number of nitrogens with zero attached hydrogens (tertiary/aromatic N) is 4. The molecule has 1 N–H and O–H groups in total. The molecule has 2 aromatic heterocycles. The minimum absolute atomic E-state index is 0.181. The Labute approximate surface area is 169 Å². The van der Waals surface area contributed by atoms with E-state index in [4.69, 9.17) is 4.74 Å². The summed E-state index contributed by atoms with van der Waals surface area (Å²) < 4.78 is 22.6. The van der Waals surface area contributed by atoms with Crippen LogP contribution in [0.4, 0.5) is 4.39 Å². The topological polar surface area (TPSA) is 64.9 Å². The fourth-order valence-electron chi connectivity index (χ4n) is 4.45. The number of piperidine rings is 1. The Morgan fingerprint density at radius 2 is 2.03 bits per heavy atom. The van der Waals surface area contributed by atoms with E-state index in [9.17, 15) is 4.39 Å². The number of nitrogens with one attached hydrogen (secondary N) is 1. The lowest BCUT2D eigenvalue weighted by molar-refractivity contribution is 0.130. The van der Waals surface area contributed by atoms with Crippen LogP contribution in [0.2, 0.25) is 0 Å². The Hall–Kier alpha value is -2.80. The average molecular weight is 393 g/mol. The molecule has 4 heterocycles. The Morgan fingerprint density at radius 1 is 1.21 bits per heavy atom. The largest absolute Gasteiger partial charge is 0.474 e. The predicted molar refractivity (Wildman–Crippen MR) is 107 cm³/mol. The van der Waals surface area contributed by atoms with Gasteiger partial charge in [-0.05, 0) is 56.4 Å². The van der Waals surface area contributed by atoms with Crippen molar-refractivity contribution in [1.29, 1.82) is 0 Å². The van der Waals surface area contributed by atoms with E-state index in [0.717, 1.165) is 24.1 Å². The van der Waals surface area contributed by atoms with Crippen LogP contribution in [0, 0.1) is 12.7 Å². The van der Waals surface area contributed by atoms with Crippen molar-refractivity contribution in [3.8, 4) is 11.6 Å². The first-order chi connectivity index (χ1) is 14.2. The van der Waals surface area contributed by atoms with Gasteiger partial charge < -0.3 is 10.1 Å². The maximum Gasteiger partial charge on any atom is 0.219 e. The second kappa shape index (κ2) is 7.55. The quantitative estimate of drug-likeness (QED) is 0.720. The zero-order valence-electron chi connectivity index (χ0n) is 16.4. The van der Waals surface area contributed by atoms with Crippen LogP contribution < -0.4 is 10.1 Å². The van der Waals surface area contributed by atoms with Crippen molar-refractivity contribution in [3.63, 3.8) is 0 Å². The summed E-state index contributed by atoms with van der Waals surface area (Å²) in [5, 5.41) is 7.77. The number of aromatic nitrogens is 4. The highest BCUT2D eigenvalue weighted by Gasteiger charge is 2.34. The van der Waals surface area contributed by atoms with Crippen molar-refractivity contribution in [1.82, 2.24) is 25.1 Å². The van der Waals surface area contributed by atoms with Gasteiger partial charge in [0.1, 0.15) is 18.2 Å². The fourth-order valence-corrected chi connectivity index (χ4v) is 4.45.